The van der Waals surface area contributed by atoms with Crippen LogP contribution in [0.5, 0.6) is 11.5 Å². The molecule has 4 heterocycles. The topological polar surface area (TPSA) is 102 Å². The number of carbonyl (C=O) groups is 2. The van der Waals surface area contributed by atoms with E-state index in [0.717, 1.165) is 22.9 Å². The average Bonchev–Trinajstić information content (AvgIpc) is 3.56. The van der Waals surface area contributed by atoms with Crippen LogP contribution in [0.2, 0.25) is 0 Å². The highest BCUT2D eigenvalue weighted by atomic mass is 32.2. The van der Waals surface area contributed by atoms with Crippen LogP contribution in [-0.2, 0) is 16.1 Å². The van der Waals surface area contributed by atoms with Gasteiger partial charge in [-0.1, -0.05) is 6.07 Å². The predicted molar refractivity (Wildman–Crippen MR) is 117 cm³/mol. The van der Waals surface area contributed by atoms with Gasteiger partial charge < -0.3 is 18.6 Å². The number of nitrogens with zero attached hydrogens (tertiary/aromatic N) is 1. The van der Waals surface area contributed by atoms with Crippen LogP contribution in [0, 0.1) is 5.41 Å². The Morgan fingerprint density at radius 2 is 1.84 bits per heavy atom. The molecule has 0 unspecified atom stereocenters. The number of furan rings is 1. The van der Waals surface area contributed by atoms with E-state index in [9.17, 15) is 9.59 Å². The number of benzene rings is 2. The summed E-state index contributed by atoms with van der Waals surface area (Å²) in [5, 5.41) is 8.37. The van der Waals surface area contributed by atoms with Crippen molar-refractivity contribution in [3.8, 4) is 22.8 Å². The summed E-state index contributed by atoms with van der Waals surface area (Å²) in [6.07, 6.45) is 1.62. The van der Waals surface area contributed by atoms with E-state index >= 15 is 0 Å². The van der Waals surface area contributed by atoms with Crippen LogP contribution in [0.25, 0.3) is 17.4 Å². The zero-order valence-electron chi connectivity index (χ0n) is 16.4. The van der Waals surface area contributed by atoms with Crippen LogP contribution in [-0.4, -0.2) is 23.8 Å². The van der Waals surface area contributed by atoms with Gasteiger partial charge in [0.15, 0.2) is 16.7 Å². The first kappa shape index (κ1) is 18.8. The first-order valence-corrected chi connectivity index (χ1v) is 10.5. The van der Waals surface area contributed by atoms with Crippen LogP contribution in [0.1, 0.15) is 21.7 Å². The van der Waals surface area contributed by atoms with Crippen LogP contribution in [0.3, 0.4) is 0 Å². The second-order valence-electron chi connectivity index (χ2n) is 7.24. The molecule has 0 bridgehead atoms. The van der Waals surface area contributed by atoms with Gasteiger partial charge in [-0.2, -0.15) is 0 Å². The van der Waals surface area contributed by atoms with Crippen molar-refractivity contribution < 1.29 is 28.2 Å². The predicted octanol–water partition coefficient (Wildman–Crippen LogP) is 4.40. The zero-order valence-corrected chi connectivity index (χ0v) is 17.2. The second kappa shape index (κ2) is 7.03. The standard InChI is InChI=1S/C23H14N2O6S/c24-23-25(14-2-5-18-19(8-14)30-11-29-18)21(26)20(32-23)9-15-3-6-17(31-15)12-1-4-16-13(7-12)10-28-22(16)27/h1-9,24H,10-11H2. The van der Waals surface area contributed by atoms with E-state index in [-0.39, 0.29) is 30.4 Å². The van der Waals surface area contributed by atoms with Gasteiger partial charge in [0, 0.05) is 23.3 Å². The molecule has 6 rings (SSSR count). The lowest BCUT2D eigenvalue weighted by molar-refractivity contribution is -0.113. The number of rotatable bonds is 3. The fourth-order valence-corrected chi connectivity index (χ4v) is 4.59. The number of thioether (sulfide) groups is 1. The molecule has 1 saturated heterocycles. The highest BCUT2D eigenvalue weighted by Gasteiger charge is 2.34. The van der Waals surface area contributed by atoms with E-state index in [1.165, 1.54) is 4.90 Å². The summed E-state index contributed by atoms with van der Waals surface area (Å²) in [6.45, 7) is 0.390. The minimum absolute atomic E-state index is 0.0928. The lowest BCUT2D eigenvalue weighted by atomic mass is 10.0. The van der Waals surface area contributed by atoms with E-state index in [1.54, 1.807) is 48.5 Å². The highest BCUT2D eigenvalue weighted by molar-refractivity contribution is 8.19. The summed E-state index contributed by atoms with van der Waals surface area (Å²) >= 11 is 1.06. The van der Waals surface area contributed by atoms with Gasteiger partial charge in [0.25, 0.3) is 5.91 Å². The fraction of sp³-hybridized carbons (Fsp3) is 0.0870. The van der Waals surface area contributed by atoms with Gasteiger partial charge in [0.05, 0.1) is 16.2 Å². The number of anilines is 1. The van der Waals surface area contributed by atoms with Crippen molar-refractivity contribution in [3.05, 3.63) is 70.3 Å². The van der Waals surface area contributed by atoms with E-state index < -0.39 is 0 Å². The summed E-state index contributed by atoms with van der Waals surface area (Å²) in [4.78, 5) is 26.3. The number of hydrogen-bond acceptors (Lipinski definition) is 8. The normalized spacial score (nSPS) is 17.9. The van der Waals surface area contributed by atoms with Crippen molar-refractivity contribution in [1.29, 1.82) is 5.41 Å². The Labute approximate surface area is 185 Å². The number of esters is 1. The Kier molecular flexibility index (Phi) is 4.12. The van der Waals surface area contributed by atoms with Gasteiger partial charge in [0.1, 0.15) is 18.1 Å². The van der Waals surface area contributed by atoms with E-state index in [4.69, 9.17) is 24.0 Å². The monoisotopic (exact) mass is 446 g/mol. The van der Waals surface area contributed by atoms with Crippen LogP contribution in [0.15, 0.2) is 57.9 Å². The molecular weight excluding hydrogens is 432 g/mol. The molecule has 0 radical (unpaired) electrons. The maximum absolute atomic E-state index is 13.0. The third kappa shape index (κ3) is 2.97. The molecule has 1 amide bonds. The molecular formula is C23H14N2O6S. The smallest absolute Gasteiger partial charge is 0.338 e. The van der Waals surface area contributed by atoms with Crippen molar-refractivity contribution in [3.63, 3.8) is 0 Å². The molecule has 3 aliphatic rings. The summed E-state index contributed by atoms with van der Waals surface area (Å²) < 4.78 is 21.6. The van der Waals surface area contributed by atoms with Crippen molar-refractivity contribution in [2.45, 2.75) is 6.61 Å². The minimum atomic E-state index is -0.317. The molecule has 3 aromatic rings. The molecule has 1 fully saturated rings. The number of amides is 1. The number of amidine groups is 1. The maximum atomic E-state index is 13.0. The molecule has 9 heteroatoms. The molecule has 1 aromatic heterocycles. The lowest BCUT2D eigenvalue weighted by Gasteiger charge is -2.14. The molecule has 0 atom stereocenters. The third-order valence-electron chi connectivity index (χ3n) is 5.31. The molecule has 158 valence electrons. The van der Waals surface area contributed by atoms with E-state index in [1.807, 2.05) is 6.07 Å². The number of carbonyl (C=O) groups excluding carboxylic acids is 2. The molecule has 0 spiro atoms. The van der Waals surface area contributed by atoms with E-state index in [2.05, 4.69) is 0 Å². The van der Waals surface area contributed by atoms with E-state index in [0.29, 0.717) is 39.2 Å². The number of nitrogens with one attached hydrogen (secondary N) is 1. The summed E-state index contributed by atoms with van der Waals surface area (Å²) in [7, 11) is 0. The quantitative estimate of drug-likeness (QED) is 0.470. The van der Waals surface area contributed by atoms with Crippen molar-refractivity contribution >= 4 is 40.6 Å². The molecule has 8 nitrogen and oxygen atoms in total. The Bertz CT molecular complexity index is 1360. The number of cyclic esters (lactones) is 1. The minimum Gasteiger partial charge on any atom is -0.457 e. The Morgan fingerprint density at radius 1 is 0.969 bits per heavy atom. The molecule has 0 aliphatic carbocycles. The Balaban J connectivity index is 1.26. The van der Waals surface area contributed by atoms with Crippen molar-refractivity contribution in [1.82, 2.24) is 0 Å². The summed E-state index contributed by atoms with van der Waals surface area (Å²) in [5.41, 5.74) is 2.73. The van der Waals surface area contributed by atoms with Crippen LogP contribution in [0.4, 0.5) is 5.69 Å². The number of ether oxygens (including phenoxy) is 3. The number of fused-ring (bicyclic) bond motifs is 2. The Hall–Kier alpha value is -3.98. The SMILES string of the molecule is N=C1SC(=Cc2ccc(-c3ccc4c(c3)COC4=O)o2)C(=O)N1c1ccc2c(c1)OCO2. The van der Waals surface area contributed by atoms with Crippen LogP contribution >= 0.6 is 11.8 Å². The second-order valence-corrected chi connectivity index (χ2v) is 8.27. The van der Waals surface area contributed by atoms with Gasteiger partial charge in [-0.05, 0) is 48.2 Å². The first-order valence-electron chi connectivity index (χ1n) is 9.69. The maximum Gasteiger partial charge on any atom is 0.338 e. The summed E-state index contributed by atoms with van der Waals surface area (Å²) in [5.74, 6) is 1.62. The van der Waals surface area contributed by atoms with Gasteiger partial charge >= 0.3 is 5.97 Å². The molecule has 3 aliphatic heterocycles. The van der Waals surface area contributed by atoms with Crippen LogP contribution < -0.4 is 14.4 Å². The zero-order chi connectivity index (χ0) is 21.8. The molecule has 0 saturated carbocycles. The van der Waals surface area contributed by atoms with Gasteiger partial charge in [-0.15, -0.1) is 0 Å². The summed E-state index contributed by atoms with van der Waals surface area (Å²) in [6, 6.07) is 14.1. The fourth-order valence-electron chi connectivity index (χ4n) is 3.75. The third-order valence-corrected chi connectivity index (χ3v) is 6.19. The van der Waals surface area contributed by atoms with Crippen molar-refractivity contribution in [2.24, 2.45) is 0 Å². The average molecular weight is 446 g/mol. The van der Waals surface area contributed by atoms with Gasteiger partial charge in [0.2, 0.25) is 6.79 Å². The lowest BCUT2D eigenvalue weighted by Crippen LogP contribution is -2.28. The number of hydrogen-bond donors (Lipinski definition) is 1. The van der Waals surface area contributed by atoms with Gasteiger partial charge in [-0.3, -0.25) is 15.1 Å². The molecule has 1 N–H and O–H groups in total. The first-order chi connectivity index (χ1) is 15.6. The van der Waals surface area contributed by atoms with Crippen molar-refractivity contribution in [2.75, 3.05) is 11.7 Å². The van der Waals surface area contributed by atoms with Gasteiger partial charge in [-0.25, -0.2) is 4.79 Å². The largest absolute Gasteiger partial charge is 0.457 e. The highest BCUT2D eigenvalue weighted by Crippen LogP contribution is 2.40. The molecule has 2 aromatic carbocycles. The molecule has 32 heavy (non-hydrogen) atoms. The Morgan fingerprint density at radius 3 is 2.75 bits per heavy atom.